The van der Waals surface area contributed by atoms with Crippen LogP contribution in [-0.2, 0) is 4.79 Å². The first-order valence-corrected chi connectivity index (χ1v) is 12.2. The largest absolute Gasteiger partial charge is 0.492 e. The van der Waals surface area contributed by atoms with Crippen molar-refractivity contribution in [2.75, 3.05) is 31.4 Å². The van der Waals surface area contributed by atoms with Crippen LogP contribution in [0.3, 0.4) is 0 Å². The molecule has 0 radical (unpaired) electrons. The molecule has 2 aromatic rings. The molecular weight excluding hydrogens is 400 g/mol. The predicted octanol–water partition coefficient (Wildman–Crippen LogP) is 6.03. The van der Waals surface area contributed by atoms with Gasteiger partial charge in [-0.05, 0) is 55.9 Å². The van der Waals surface area contributed by atoms with Gasteiger partial charge in [0.25, 0.3) is 0 Å². The minimum Gasteiger partial charge on any atom is -0.492 e. The van der Waals surface area contributed by atoms with E-state index in [1.807, 2.05) is 0 Å². The molecule has 156 valence electrons. The van der Waals surface area contributed by atoms with Crippen LogP contribution in [0.4, 0.5) is 11.4 Å². The molecule has 2 aromatic carbocycles. The van der Waals surface area contributed by atoms with Gasteiger partial charge in [-0.25, -0.2) is 4.31 Å². The molecule has 0 aromatic heterocycles. The zero-order valence-corrected chi connectivity index (χ0v) is 19.1. The highest BCUT2D eigenvalue weighted by atomic mass is 32.2. The lowest BCUT2D eigenvalue weighted by Crippen LogP contribution is -2.35. The molecule has 6 heteroatoms. The summed E-state index contributed by atoms with van der Waals surface area (Å²) >= 11 is 3.48. The molecule has 0 fully saturated rings. The number of carbonyl (C=O) groups is 1. The number of benzene rings is 2. The molecular formula is C23H30N2O2S2. The average Bonchev–Trinajstić information content (AvgIpc) is 2.88. The van der Waals surface area contributed by atoms with Crippen molar-refractivity contribution in [1.29, 1.82) is 0 Å². The first kappa shape index (κ1) is 22.1. The summed E-state index contributed by atoms with van der Waals surface area (Å²) in [5.41, 5.74) is 2.44. The number of unbranched alkanes of at least 4 members (excludes halogenated alkanes) is 1. The Hall–Kier alpha value is -1.63. The van der Waals surface area contributed by atoms with Crippen LogP contribution >= 0.6 is 23.7 Å². The van der Waals surface area contributed by atoms with Crippen LogP contribution in [0.2, 0.25) is 0 Å². The van der Waals surface area contributed by atoms with Crippen LogP contribution in [0.15, 0.2) is 52.3 Å². The van der Waals surface area contributed by atoms with E-state index < -0.39 is 0 Å². The highest BCUT2D eigenvalue weighted by molar-refractivity contribution is 7.98. The van der Waals surface area contributed by atoms with Crippen molar-refractivity contribution < 1.29 is 9.53 Å². The van der Waals surface area contributed by atoms with Crippen LogP contribution in [0.25, 0.3) is 0 Å². The SMILES string of the molecule is CCCCC1CN(c2ccccc2)c2cc(SC)c(OCCC=O)cc2SN1C. The van der Waals surface area contributed by atoms with Crippen LogP contribution in [0, 0.1) is 0 Å². The van der Waals surface area contributed by atoms with Crippen molar-refractivity contribution in [1.82, 2.24) is 4.31 Å². The van der Waals surface area contributed by atoms with E-state index in [2.05, 4.69) is 71.9 Å². The maximum Gasteiger partial charge on any atom is 0.134 e. The molecule has 0 amide bonds. The van der Waals surface area contributed by atoms with Crippen molar-refractivity contribution >= 4 is 41.4 Å². The fraction of sp³-hybridized carbons (Fsp3) is 0.435. The molecule has 1 heterocycles. The summed E-state index contributed by atoms with van der Waals surface area (Å²) in [6.07, 6.45) is 6.99. The first-order chi connectivity index (χ1) is 14.2. The van der Waals surface area contributed by atoms with E-state index in [1.165, 1.54) is 35.5 Å². The number of anilines is 2. The molecule has 0 bridgehead atoms. The maximum atomic E-state index is 10.7. The van der Waals surface area contributed by atoms with Crippen molar-refractivity contribution in [3.63, 3.8) is 0 Å². The van der Waals surface area contributed by atoms with Crippen LogP contribution < -0.4 is 9.64 Å². The molecule has 0 aliphatic carbocycles. The standard InChI is InChI=1S/C23H30N2O2S2/c1-4-5-10-19-17-25(18-11-7-6-8-12-18)20-15-23(28-3)21(27-14-9-13-26)16-22(20)29-24(19)2/h6-8,11-13,15-16,19H,4-5,9-10,14,17H2,1-3H3. The number of thioether (sulfide) groups is 1. The van der Waals surface area contributed by atoms with E-state index in [0.717, 1.165) is 23.5 Å². The van der Waals surface area contributed by atoms with Gasteiger partial charge >= 0.3 is 0 Å². The van der Waals surface area contributed by atoms with Crippen molar-refractivity contribution in [3.05, 3.63) is 42.5 Å². The van der Waals surface area contributed by atoms with Gasteiger partial charge in [-0.1, -0.05) is 38.0 Å². The summed E-state index contributed by atoms with van der Waals surface area (Å²) < 4.78 is 8.34. The Bertz CT molecular complexity index is 801. The van der Waals surface area contributed by atoms with E-state index >= 15 is 0 Å². The summed E-state index contributed by atoms with van der Waals surface area (Å²) in [6.45, 7) is 3.62. The van der Waals surface area contributed by atoms with Gasteiger partial charge in [-0.3, -0.25) is 0 Å². The first-order valence-electron chi connectivity index (χ1n) is 10.2. The Balaban J connectivity index is 2.02. The Morgan fingerprint density at radius 2 is 2.07 bits per heavy atom. The molecule has 0 saturated heterocycles. The van der Waals surface area contributed by atoms with Crippen LogP contribution in [0.1, 0.15) is 32.6 Å². The molecule has 1 aliphatic heterocycles. The van der Waals surface area contributed by atoms with Crippen molar-refractivity contribution in [2.45, 2.75) is 48.4 Å². The highest BCUT2D eigenvalue weighted by Crippen LogP contribution is 2.45. The van der Waals surface area contributed by atoms with Crippen LogP contribution in [0.5, 0.6) is 5.75 Å². The average molecular weight is 431 g/mol. The molecule has 0 N–H and O–H groups in total. The van der Waals surface area contributed by atoms with Gasteiger partial charge in [0.05, 0.1) is 22.1 Å². The van der Waals surface area contributed by atoms with Crippen molar-refractivity contribution in [3.8, 4) is 5.75 Å². The molecule has 1 unspecified atom stereocenters. The lowest BCUT2D eigenvalue weighted by atomic mass is 10.1. The summed E-state index contributed by atoms with van der Waals surface area (Å²) in [4.78, 5) is 15.4. The monoisotopic (exact) mass is 430 g/mol. The third-order valence-corrected chi connectivity index (χ3v) is 7.01. The molecule has 0 spiro atoms. The lowest BCUT2D eigenvalue weighted by Gasteiger charge is -2.30. The number of likely N-dealkylation sites (N-methyl/N-ethyl adjacent to an activating group) is 1. The van der Waals surface area contributed by atoms with E-state index in [-0.39, 0.29) is 0 Å². The number of para-hydroxylation sites is 1. The van der Waals surface area contributed by atoms with Gasteiger partial charge in [0.2, 0.25) is 0 Å². The smallest absolute Gasteiger partial charge is 0.134 e. The Morgan fingerprint density at radius 1 is 1.28 bits per heavy atom. The number of carbonyl (C=O) groups excluding carboxylic acids is 1. The third-order valence-electron chi connectivity index (χ3n) is 5.14. The second-order valence-corrected chi connectivity index (χ2v) is 9.20. The molecule has 1 aliphatic rings. The van der Waals surface area contributed by atoms with E-state index in [4.69, 9.17) is 4.74 Å². The number of fused-ring (bicyclic) bond motifs is 1. The minimum atomic E-state index is 0.410. The number of rotatable bonds is 9. The molecule has 4 nitrogen and oxygen atoms in total. The third kappa shape index (κ3) is 5.50. The lowest BCUT2D eigenvalue weighted by molar-refractivity contribution is -0.108. The van der Waals surface area contributed by atoms with Gasteiger partial charge in [0, 0.05) is 24.7 Å². The van der Waals surface area contributed by atoms with Crippen LogP contribution in [-0.4, -0.2) is 43.1 Å². The van der Waals surface area contributed by atoms with E-state index in [0.29, 0.717) is 19.1 Å². The Kier molecular flexibility index (Phi) is 8.33. The second kappa shape index (κ2) is 11.0. The summed E-state index contributed by atoms with van der Waals surface area (Å²) in [5.74, 6) is 0.860. The van der Waals surface area contributed by atoms with Gasteiger partial charge < -0.3 is 14.4 Å². The summed E-state index contributed by atoms with van der Waals surface area (Å²) in [7, 11) is 2.19. The maximum absolute atomic E-state index is 10.7. The van der Waals surface area contributed by atoms with Gasteiger partial charge in [-0.15, -0.1) is 11.8 Å². The topological polar surface area (TPSA) is 32.8 Å². The van der Waals surface area contributed by atoms with Crippen molar-refractivity contribution in [2.24, 2.45) is 0 Å². The highest BCUT2D eigenvalue weighted by Gasteiger charge is 2.28. The molecule has 1 atom stereocenters. The minimum absolute atomic E-state index is 0.410. The quantitative estimate of drug-likeness (QED) is 0.209. The Morgan fingerprint density at radius 3 is 2.76 bits per heavy atom. The zero-order valence-electron chi connectivity index (χ0n) is 17.5. The predicted molar refractivity (Wildman–Crippen MR) is 125 cm³/mol. The molecule has 3 rings (SSSR count). The normalized spacial score (nSPS) is 16.9. The number of aldehydes is 1. The summed E-state index contributed by atoms with van der Waals surface area (Å²) in [6, 6.07) is 15.5. The molecule has 29 heavy (non-hydrogen) atoms. The van der Waals surface area contributed by atoms with E-state index in [1.54, 1.807) is 23.7 Å². The van der Waals surface area contributed by atoms with Gasteiger partial charge in [0.1, 0.15) is 12.0 Å². The number of ether oxygens (including phenoxy) is 1. The summed E-state index contributed by atoms with van der Waals surface area (Å²) in [5, 5.41) is 0. The van der Waals surface area contributed by atoms with E-state index in [9.17, 15) is 4.79 Å². The fourth-order valence-electron chi connectivity index (χ4n) is 3.52. The number of hydrogen-bond acceptors (Lipinski definition) is 6. The number of nitrogens with zero attached hydrogens (tertiary/aromatic N) is 2. The van der Waals surface area contributed by atoms with Gasteiger partial charge in [0.15, 0.2) is 0 Å². The Labute approximate surface area is 183 Å². The number of hydrogen-bond donors (Lipinski definition) is 0. The van der Waals surface area contributed by atoms with Gasteiger partial charge in [-0.2, -0.15) is 0 Å². The zero-order chi connectivity index (χ0) is 20.6. The second-order valence-electron chi connectivity index (χ2n) is 7.15. The molecule has 0 saturated carbocycles. The fourth-order valence-corrected chi connectivity index (χ4v) is 5.13.